The van der Waals surface area contributed by atoms with E-state index < -0.39 is 0 Å². The first-order valence-corrected chi connectivity index (χ1v) is 6.52. The van der Waals surface area contributed by atoms with Gasteiger partial charge in [0.2, 0.25) is 0 Å². The summed E-state index contributed by atoms with van der Waals surface area (Å²) in [4.78, 5) is 11.2. The Morgan fingerprint density at radius 2 is 2.44 bits per heavy atom. The lowest BCUT2D eigenvalue weighted by atomic mass is 10.1. The minimum Gasteiger partial charge on any atom is -0.466 e. The molecule has 0 saturated carbocycles. The van der Waals surface area contributed by atoms with Crippen LogP contribution in [0.2, 0.25) is 0 Å². The van der Waals surface area contributed by atoms with E-state index >= 15 is 0 Å². The van der Waals surface area contributed by atoms with Gasteiger partial charge in [-0.25, -0.2) is 5.84 Å². The summed E-state index contributed by atoms with van der Waals surface area (Å²) in [7, 11) is 0. The summed E-state index contributed by atoms with van der Waals surface area (Å²) in [5.41, 5.74) is 1.08. The average molecular weight is 244 g/mol. The molecule has 0 saturated heterocycles. The van der Waals surface area contributed by atoms with E-state index in [9.17, 15) is 4.79 Å². The van der Waals surface area contributed by atoms with Crippen LogP contribution in [0.1, 0.15) is 33.6 Å². The second kappa shape index (κ2) is 6.15. The molecule has 0 bridgehead atoms. The molecule has 0 radical (unpaired) electrons. The highest BCUT2D eigenvalue weighted by Gasteiger charge is 2.27. The van der Waals surface area contributed by atoms with Gasteiger partial charge >= 0.3 is 5.97 Å². The predicted octanol–water partition coefficient (Wildman–Crippen LogP) is 2.08. The van der Waals surface area contributed by atoms with E-state index in [-0.39, 0.29) is 11.3 Å². The van der Waals surface area contributed by atoms with Gasteiger partial charge in [-0.3, -0.25) is 4.79 Å². The van der Waals surface area contributed by atoms with Crippen molar-refractivity contribution in [2.75, 3.05) is 6.61 Å². The maximum atomic E-state index is 11.2. The number of allylic oxidation sites excluding steroid dienone is 1. The molecule has 1 heterocycles. The number of carbonyl (C=O) groups excluding carboxylic acids is 1. The van der Waals surface area contributed by atoms with Crippen molar-refractivity contribution in [3.8, 4) is 0 Å². The van der Waals surface area contributed by atoms with Crippen LogP contribution >= 0.6 is 11.8 Å². The number of hydrogen-bond acceptors (Lipinski definition) is 5. The zero-order valence-corrected chi connectivity index (χ0v) is 10.9. The molecule has 0 amide bonds. The molecule has 2 atom stereocenters. The zero-order valence-electron chi connectivity index (χ0n) is 10.1. The Morgan fingerprint density at radius 1 is 1.75 bits per heavy atom. The number of nitrogens with zero attached hydrogens (tertiary/aromatic N) is 1. The van der Waals surface area contributed by atoms with Gasteiger partial charge in [0.05, 0.1) is 12.0 Å². The Labute approximate surface area is 101 Å². The summed E-state index contributed by atoms with van der Waals surface area (Å²) in [5, 5.41) is 4.08. The molecule has 5 heteroatoms. The molecule has 2 N–H and O–H groups in total. The van der Waals surface area contributed by atoms with Crippen molar-refractivity contribution < 1.29 is 9.53 Å². The number of hydrogen-bond donors (Lipinski definition) is 1. The minimum absolute atomic E-state index is 0.120. The van der Waals surface area contributed by atoms with Gasteiger partial charge < -0.3 is 9.75 Å². The van der Waals surface area contributed by atoms with Crippen molar-refractivity contribution in [2.45, 2.75) is 39.0 Å². The molecule has 0 aromatic carbocycles. The van der Waals surface area contributed by atoms with Crippen molar-refractivity contribution in [3.63, 3.8) is 0 Å². The van der Waals surface area contributed by atoms with E-state index in [0.29, 0.717) is 18.9 Å². The van der Waals surface area contributed by atoms with Crippen LogP contribution in [0.25, 0.3) is 0 Å². The average Bonchev–Trinajstić information content (AvgIpc) is 2.57. The van der Waals surface area contributed by atoms with E-state index in [1.165, 1.54) is 0 Å². The van der Waals surface area contributed by atoms with Crippen molar-refractivity contribution >= 4 is 17.7 Å². The maximum Gasteiger partial charge on any atom is 0.305 e. The lowest BCUT2D eigenvalue weighted by molar-refractivity contribution is -0.143. The molecule has 0 spiro atoms. The number of carbonyl (C=O) groups is 1. The third-order valence-corrected chi connectivity index (χ3v) is 4.10. The van der Waals surface area contributed by atoms with Gasteiger partial charge in [0, 0.05) is 12.1 Å². The van der Waals surface area contributed by atoms with Gasteiger partial charge in [-0.15, -0.1) is 11.8 Å². The largest absolute Gasteiger partial charge is 0.466 e. The molecular weight excluding hydrogens is 224 g/mol. The smallest absolute Gasteiger partial charge is 0.305 e. The summed E-state index contributed by atoms with van der Waals surface area (Å²) in [6.45, 7) is 6.38. The van der Waals surface area contributed by atoms with Gasteiger partial charge in [0.1, 0.15) is 0 Å². The van der Waals surface area contributed by atoms with E-state index in [2.05, 4.69) is 12.3 Å². The van der Waals surface area contributed by atoms with E-state index in [4.69, 9.17) is 10.6 Å². The second-order valence-electron chi connectivity index (χ2n) is 4.01. The minimum atomic E-state index is -0.120. The monoisotopic (exact) mass is 244 g/mol. The second-order valence-corrected chi connectivity index (χ2v) is 5.00. The highest BCUT2D eigenvalue weighted by atomic mass is 32.2. The van der Waals surface area contributed by atoms with E-state index in [1.54, 1.807) is 16.8 Å². The predicted molar refractivity (Wildman–Crippen MR) is 66.2 cm³/mol. The van der Waals surface area contributed by atoms with Crippen LogP contribution < -0.4 is 5.84 Å². The summed E-state index contributed by atoms with van der Waals surface area (Å²) in [6, 6.07) is 0. The topological polar surface area (TPSA) is 55.6 Å². The van der Waals surface area contributed by atoms with Crippen molar-refractivity contribution in [2.24, 2.45) is 11.8 Å². The first kappa shape index (κ1) is 13.4. The molecule has 0 fully saturated rings. The maximum absolute atomic E-state index is 11.2. The molecule has 4 nitrogen and oxygen atoms in total. The lowest BCUT2D eigenvalue weighted by Crippen LogP contribution is -2.38. The zero-order chi connectivity index (χ0) is 12.1. The van der Waals surface area contributed by atoms with Crippen LogP contribution in [0.3, 0.4) is 0 Å². The normalized spacial score (nSPS) is 21.9. The lowest BCUT2D eigenvalue weighted by Gasteiger charge is -2.27. The first-order chi connectivity index (χ1) is 7.56. The Balaban J connectivity index is 2.31. The van der Waals surface area contributed by atoms with Crippen LogP contribution in [0.15, 0.2) is 11.1 Å². The van der Waals surface area contributed by atoms with Crippen molar-refractivity contribution in [1.82, 2.24) is 5.01 Å². The molecule has 2 unspecified atom stereocenters. The Hall–Kier alpha value is -0.680. The fraction of sp³-hybridized carbons (Fsp3) is 0.727. The molecule has 92 valence electrons. The van der Waals surface area contributed by atoms with Crippen LogP contribution in [0, 0.1) is 5.92 Å². The molecule has 16 heavy (non-hydrogen) atoms. The third-order valence-electron chi connectivity index (χ3n) is 2.66. The van der Waals surface area contributed by atoms with Gasteiger partial charge in [-0.1, -0.05) is 6.92 Å². The molecule has 1 rings (SSSR count). The van der Waals surface area contributed by atoms with E-state index in [0.717, 1.165) is 12.1 Å². The van der Waals surface area contributed by atoms with Crippen LogP contribution in [-0.2, 0) is 9.53 Å². The molecule has 0 aliphatic carbocycles. The van der Waals surface area contributed by atoms with Gasteiger partial charge in [0.25, 0.3) is 0 Å². The molecule has 0 aromatic rings. The quantitative estimate of drug-likeness (QED) is 0.592. The number of thioether (sulfide) groups is 1. The molecule has 0 aromatic heterocycles. The number of rotatable bonds is 5. The fourth-order valence-electron chi connectivity index (χ4n) is 1.62. The van der Waals surface area contributed by atoms with Crippen molar-refractivity contribution in [3.05, 3.63) is 11.1 Å². The summed E-state index contributed by atoms with van der Waals surface area (Å²) < 4.78 is 4.90. The number of esters is 1. The first-order valence-electron chi connectivity index (χ1n) is 5.58. The van der Waals surface area contributed by atoms with Crippen LogP contribution in [0.5, 0.6) is 0 Å². The Morgan fingerprint density at radius 3 is 2.94 bits per heavy atom. The molecule has 1 aliphatic rings. The Kier molecular flexibility index (Phi) is 5.15. The summed E-state index contributed by atoms with van der Waals surface area (Å²) in [6.07, 6.45) is 1.28. The fourth-order valence-corrected chi connectivity index (χ4v) is 2.78. The molecular formula is C11H20N2O2S. The van der Waals surface area contributed by atoms with Crippen LogP contribution in [-0.4, -0.2) is 23.0 Å². The van der Waals surface area contributed by atoms with E-state index in [1.807, 2.05) is 13.8 Å². The highest BCUT2D eigenvalue weighted by Crippen LogP contribution is 2.34. The van der Waals surface area contributed by atoms with Gasteiger partial charge in [0.15, 0.2) is 0 Å². The van der Waals surface area contributed by atoms with Gasteiger partial charge in [-0.05, 0) is 31.6 Å². The van der Waals surface area contributed by atoms with Crippen molar-refractivity contribution in [1.29, 1.82) is 0 Å². The van der Waals surface area contributed by atoms with Gasteiger partial charge in [-0.2, -0.15) is 0 Å². The standard InChI is InChI=1S/C11H20N2O2S/c1-4-15-10(14)6-5-8(2)11-13(12)9(3)7-16-11/h7-8,11H,4-6,12H2,1-3H3. The summed E-state index contributed by atoms with van der Waals surface area (Å²) >= 11 is 1.72. The highest BCUT2D eigenvalue weighted by molar-refractivity contribution is 8.02. The number of ether oxygens (including phenoxy) is 1. The number of nitrogens with two attached hydrogens (primary N) is 1. The summed E-state index contributed by atoms with van der Waals surface area (Å²) in [5.74, 6) is 6.17. The Bertz CT molecular complexity index is 281. The SMILES string of the molecule is CCOC(=O)CCC(C)C1SC=C(C)N1N. The number of hydrazine groups is 1. The third kappa shape index (κ3) is 3.42. The van der Waals surface area contributed by atoms with Crippen LogP contribution in [0.4, 0.5) is 0 Å². The molecule has 1 aliphatic heterocycles.